The van der Waals surface area contributed by atoms with E-state index in [1.165, 1.54) is 0 Å². The van der Waals surface area contributed by atoms with Crippen LogP contribution >= 0.6 is 35.4 Å². The highest BCUT2D eigenvalue weighted by Gasteiger charge is 2.02. The summed E-state index contributed by atoms with van der Waals surface area (Å²) in [7, 11) is 0. The molecule has 0 radical (unpaired) electrons. The predicted octanol–water partition coefficient (Wildman–Crippen LogP) is 3.30. The first-order valence-electron chi connectivity index (χ1n) is 4.13. The molecule has 76 valence electrons. The zero-order valence-corrected chi connectivity index (χ0v) is 9.93. The van der Waals surface area contributed by atoms with Crippen LogP contribution in [-0.2, 0) is 0 Å². The van der Waals surface area contributed by atoms with Gasteiger partial charge in [-0.05, 0) is 37.3 Å². The summed E-state index contributed by atoms with van der Waals surface area (Å²) in [5, 5.41) is 7.67. The maximum absolute atomic E-state index is 5.93. The van der Waals surface area contributed by atoms with E-state index >= 15 is 0 Å². The van der Waals surface area contributed by atoms with Crippen molar-refractivity contribution < 1.29 is 0 Å². The molecule has 0 unspecified atom stereocenters. The molecule has 0 heterocycles. The molecule has 0 amide bonds. The summed E-state index contributed by atoms with van der Waals surface area (Å²) in [6.45, 7) is 2.73. The Hall–Kier alpha value is -0.510. The molecule has 1 rings (SSSR count). The minimum atomic E-state index is 0.539. The van der Waals surface area contributed by atoms with E-state index in [-0.39, 0.29) is 0 Å². The Kier molecular flexibility index (Phi) is 4.45. The van der Waals surface area contributed by atoms with Crippen molar-refractivity contribution in [2.45, 2.75) is 6.92 Å². The zero-order valence-electron chi connectivity index (χ0n) is 7.60. The van der Waals surface area contributed by atoms with Gasteiger partial charge in [-0.15, -0.1) is 0 Å². The molecule has 0 atom stereocenters. The van der Waals surface area contributed by atoms with E-state index < -0.39 is 0 Å². The molecule has 0 aromatic heterocycles. The number of benzene rings is 1. The van der Waals surface area contributed by atoms with E-state index in [4.69, 9.17) is 35.4 Å². The second-order valence-electron chi connectivity index (χ2n) is 2.61. The molecule has 1 aromatic carbocycles. The third-order valence-corrected chi connectivity index (χ3v) is 2.33. The first kappa shape index (κ1) is 11.6. The number of hydrogen-bond donors (Lipinski definition) is 2. The van der Waals surface area contributed by atoms with Crippen molar-refractivity contribution in [3.8, 4) is 0 Å². The molecule has 0 spiro atoms. The van der Waals surface area contributed by atoms with E-state index in [2.05, 4.69) is 10.6 Å². The van der Waals surface area contributed by atoms with Crippen LogP contribution in [0.3, 0.4) is 0 Å². The van der Waals surface area contributed by atoms with E-state index in [9.17, 15) is 0 Å². The van der Waals surface area contributed by atoms with E-state index in [1.54, 1.807) is 18.2 Å². The molecular formula is C9H10Cl2N2S. The van der Waals surface area contributed by atoms with Gasteiger partial charge in [-0.2, -0.15) is 0 Å². The van der Waals surface area contributed by atoms with Gasteiger partial charge in [0.1, 0.15) is 0 Å². The zero-order chi connectivity index (χ0) is 10.6. The molecule has 0 aliphatic heterocycles. The van der Waals surface area contributed by atoms with Crippen LogP contribution in [0.25, 0.3) is 0 Å². The molecule has 1 aromatic rings. The van der Waals surface area contributed by atoms with Crippen molar-refractivity contribution >= 4 is 46.2 Å². The van der Waals surface area contributed by atoms with Crippen molar-refractivity contribution in [2.75, 3.05) is 11.9 Å². The fourth-order valence-electron chi connectivity index (χ4n) is 0.920. The summed E-state index contributed by atoms with van der Waals surface area (Å²) in [5.74, 6) is 0. The lowest BCUT2D eigenvalue weighted by atomic mass is 10.3. The molecule has 0 saturated carbocycles. The smallest absolute Gasteiger partial charge is 0.170 e. The topological polar surface area (TPSA) is 24.1 Å². The summed E-state index contributed by atoms with van der Waals surface area (Å²) in [5.41, 5.74) is 0.713. The van der Waals surface area contributed by atoms with Gasteiger partial charge in [0, 0.05) is 11.6 Å². The van der Waals surface area contributed by atoms with Crippen LogP contribution in [-0.4, -0.2) is 11.7 Å². The Morgan fingerprint density at radius 1 is 1.43 bits per heavy atom. The van der Waals surface area contributed by atoms with Gasteiger partial charge in [-0.1, -0.05) is 23.2 Å². The highest BCUT2D eigenvalue weighted by atomic mass is 35.5. The molecule has 14 heavy (non-hydrogen) atoms. The van der Waals surface area contributed by atoms with Crippen molar-refractivity contribution in [3.05, 3.63) is 28.2 Å². The largest absolute Gasteiger partial charge is 0.363 e. The van der Waals surface area contributed by atoms with Gasteiger partial charge in [0.05, 0.1) is 10.7 Å². The Morgan fingerprint density at radius 3 is 2.79 bits per heavy atom. The van der Waals surface area contributed by atoms with Gasteiger partial charge in [-0.25, -0.2) is 0 Å². The fourth-order valence-corrected chi connectivity index (χ4v) is 1.51. The maximum Gasteiger partial charge on any atom is 0.170 e. The third kappa shape index (κ3) is 3.33. The number of hydrogen-bond acceptors (Lipinski definition) is 1. The average molecular weight is 249 g/mol. The average Bonchev–Trinajstić information content (AvgIpc) is 2.12. The normalized spacial score (nSPS) is 9.64. The Labute approximate surface area is 98.6 Å². The molecule has 0 saturated heterocycles. The van der Waals surface area contributed by atoms with Crippen LogP contribution in [0, 0.1) is 0 Å². The minimum absolute atomic E-state index is 0.539. The number of thiocarbonyl (C=S) groups is 1. The lowest BCUT2D eigenvalue weighted by molar-refractivity contribution is 0.979. The summed E-state index contributed by atoms with van der Waals surface area (Å²) in [4.78, 5) is 0. The molecular weight excluding hydrogens is 239 g/mol. The first-order valence-corrected chi connectivity index (χ1v) is 5.29. The maximum atomic E-state index is 5.93. The lowest BCUT2D eigenvalue weighted by Gasteiger charge is -2.10. The van der Waals surface area contributed by atoms with Gasteiger partial charge < -0.3 is 10.6 Å². The molecule has 5 heteroatoms. The summed E-state index contributed by atoms with van der Waals surface area (Å²) in [6, 6.07) is 5.18. The van der Waals surface area contributed by atoms with E-state index in [0.717, 1.165) is 6.54 Å². The number of rotatable bonds is 2. The summed E-state index contributed by atoms with van der Waals surface area (Å²) >= 11 is 16.8. The molecule has 0 fully saturated rings. The van der Waals surface area contributed by atoms with Crippen LogP contribution in [0.4, 0.5) is 5.69 Å². The first-order chi connectivity index (χ1) is 6.63. The van der Waals surface area contributed by atoms with Crippen LogP contribution < -0.4 is 10.6 Å². The lowest BCUT2D eigenvalue weighted by Crippen LogP contribution is -2.27. The van der Waals surface area contributed by atoms with Gasteiger partial charge in [0.25, 0.3) is 0 Å². The van der Waals surface area contributed by atoms with Gasteiger partial charge in [-0.3, -0.25) is 0 Å². The molecule has 0 aliphatic carbocycles. The quantitative estimate of drug-likeness (QED) is 0.786. The monoisotopic (exact) mass is 248 g/mol. The molecule has 2 N–H and O–H groups in total. The highest BCUT2D eigenvalue weighted by Crippen LogP contribution is 2.25. The third-order valence-electron chi connectivity index (χ3n) is 1.51. The highest BCUT2D eigenvalue weighted by molar-refractivity contribution is 7.80. The Bertz CT molecular complexity index is 342. The van der Waals surface area contributed by atoms with Crippen LogP contribution in [0.2, 0.25) is 10.0 Å². The van der Waals surface area contributed by atoms with E-state index in [1.807, 2.05) is 6.92 Å². The second-order valence-corrected chi connectivity index (χ2v) is 3.86. The van der Waals surface area contributed by atoms with Crippen molar-refractivity contribution in [3.63, 3.8) is 0 Å². The standard InChI is InChI=1S/C9H10Cl2N2S/c1-2-12-9(14)13-8-5-6(10)3-4-7(8)11/h3-5H,2H2,1H3,(H2,12,13,14). The van der Waals surface area contributed by atoms with Crippen molar-refractivity contribution in [1.82, 2.24) is 5.32 Å². The van der Waals surface area contributed by atoms with Gasteiger partial charge in [0.15, 0.2) is 5.11 Å². The molecule has 2 nitrogen and oxygen atoms in total. The minimum Gasteiger partial charge on any atom is -0.363 e. The Morgan fingerprint density at radius 2 is 2.14 bits per heavy atom. The number of anilines is 1. The SMILES string of the molecule is CCNC(=S)Nc1cc(Cl)ccc1Cl. The van der Waals surface area contributed by atoms with Crippen LogP contribution in [0.1, 0.15) is 6.92 Å². The van der Waals surface area contributed by atoms with Crippen LogP contribution in [0.15, 0.2) is 18.2 Å². The van der Waals surface area contributed by atoms with Crippen molar-refractivity contribution in [2.24, 2.45) is 0 Å². The Balaban J connectivity index is 2.75. The summed E-state index contributed by atoms with van der Waals surface area (Å²) < 4.78 is 0. The van der Waals surface area contributed by atoms with Crippen molar-refractivity contribution in [1.29, 1.82) is 0 Å². The molecule has 0 aliphatic rings. The van der Waals surface area contributed by atoms with E-state index in [0.29, 0.717) is 20.8 Å². The predicted molar refractivity (Wildman–Crippen MR) is 66.4 cm³/mol. The second kappa shape index (κ2) is 5.39. The van der Waals surface area contributed by atoms with Gasteiger partial charge >= 0.3 is 0 Å². The summed E-state index contributed by atoms with van der Waals surface area (Å²) in [6.07, 6.45) is 0. The molecule has 0 bridgehead atoms. The van der Waals surface area contributed by atoms with Gasteiger partial charge in [0.2, 0.25) is 0 Å². The fraction of sp³-hybridized carbons (Fsp3) is 0.222. The number of nitrogens with one attached hydrogen (secondary N) is 2. The number of halogens is 2. The van der Waals surface area contributed by atoms with Crippen LogP contribution in [0.5, 0.6) is 0 Å².